The van der Waals surface area contributed by atoms with Crippen molar-refractivity contribution in [3.05, 3.63) is 59.2 Å². The van der Waals surface area contributed by atoms with Gasteiger partial charge in [-0.1, -0.05) is 24.3 Å². The third kappa shape index (κ3) is 2.90. The molecule has 108 valence electrons. The molecule has 2 aromatic carbocycles. The summed E-state index contributed by atoms with van der Waals surface area (Å²) in [5, 5.41) is 0. The van der Waals surface area contributed by atoms with E-state index in [0.717, 1.165) is 19.5 Å². The molecule has 0 spiro atoms. The molecule has 0 aromatic heterocycles. The summed E-state index contributed by atoms with van der Waals surface area (Å²) in [6, 6.07) is 13.5. The van der Waals surface area contributed by atoms with Gasteiger partial charge in [0.25, 0.3) is 0 Å². The number of carbonyl (C=O) groups excluding carboxylic acids is 1. The van der Waals surface area contributed by atoms with Gasteiger partial charge in [0.15, 0.2) is 5.78 Å². The molecule has 0 amide bonds. The minimum absolute atomic E-state index is 0.0843. The first-order valence-electron chi connectivity index (χ1n) is 7.11. The van der Waals surface area contributed by atoms with Gasteiger partial charge in [-0.2, -0.15) is 0 Å². The van der Waals surface area contributed by atoms with E-state index in [-0.39, 0.29) is 5.78 Å². The summed E-state index contributed by atoms with van der Waals surface area (Å²) >= 11 is 0. The molecule has 4 nitrogen and oxygen atoms in total. The van der Waals surface area contributed by atoms with Crippen molar-refractivity contribution in [2.75, 3.05) is 24.6 Å². The van der Waals surface area contributed by atoms with E-state index < -0.39 is 0 Å². The summed E-state index contributed by atoms with van der Waals surface area (Å²) < 4.78 is 0. The van der Waals surface area contributed by atoms with E-state index in [9.17, 15) is 4.79 Å². The van der Waals surface area contributed by atoms with Gasteiger partial charge in [0.2, 0.25) is 0 Å². The summed E-state index contributed by atoms with van der Waals surface area (Å²) in [6.07, 6.45) is 0.993. The van der Waals surface area contributed by atoms with Crippen molar-refractivity contribution in [1.29, 1.82) is 0 Å². The zero-order valence-electron chi connectivity index (χ0n) is 11.9. The van der Waals surface area contributed by atoms with Crippen LogP contribution in [0.5, 0.6) is 0 Å². The molecule has 0 aliphatic carbocycles. The number of anilines is 2. The summed E-state index contributed by atoms with van der Waals surface area (Å²) in [5.41, 5.74) is 15.7. The molecule has 0 radical (unpaired) electrons. The molecule has 0 bridgehead atoms. The minimum atomic E-state index is 0.0843. The van der Waals surface area contributed by atoms with Crippen LogP contribution in [0.2, 0.25) is 0 Å². The first-order valence-corrected chi connectivity index (χ1v) is 7.11. The lowest BCUT2D eigenvalue weighted by Crippen LogP contribution is -2.34. The lowest BCUT2D eigenvalue weighted by atomic mass is 9.99. The highest BCUT2D eigenvalue weighted by Crippen LogP contribution is 2.20. The maximum Gasteiger partial charge on any atom is 0.176 e. The largest absolute Gasteiger partial charge is 0.397 e. The van der Waals surface area contributed by atoms with E-state index in [1.807, 2.05) is 6.07 Å². The van der Waals surface area contributed by atoms with Crippen molar-refractivity contribution in [1.82, 2.24) is 4.90 Å². The van der Waals surface area contributed by atoms with Crippen molar-refractivity contribution in [2.45, 2.75) is 13.0 Å². The van der Waals surface area contributed by atoms with Gasteiger partial charge in [-0.15, -0.1) is 0 Å². The van der Waals surface area contributed by atoms with E-state index in [4.69, 9.17) is 11.5 Å². The second kappa shape index (κ2) is 5.58. The van der Waals surface area contributed by atoms with Gasteiger partial charge in [-0.05, 0) is 35.7 Å². The lowest BCUT2D eigenvalue weighted by molar-refractivity contribution is 0.0921. The van der Waals surface area contributed by atoms with Gasteiger partial charge in [-0.25, -0.2) is 0 Å². The fourth-order valence-corrected chi connectivity index (χ4v) is 2.73. The standard InChI is InChI=1S/C17H19N3O/c18-15-6-5-13(9-16(15)19)17(21)11-20-8-7-12-3-1-2-4-14(12)10-20/h1-6,9H,7-8,10-11,18-19H2. The van der Waals surface area contributed by atoms with Crippen LogP contribution < -0.4 is 11.5 Å². The molecule has 0 unspecified atom stereocenters. The zero-order valence-corrected chi connectivity index (χ0v) is 11.9. The monoisotopic (exact) mass is 281 g/mol. The van der Waals surface area contributed by atoms with Gasteiger partial charge < -0.3 is 11.5 Å². The van der Waals surface area contributed by atoms with Crippen molar-refractivity contribution in [3.8, 4) is 0 Å². The fraction of sp³-hybridized carbons (Fsp3) is 0.235. The molecule has 0 atom stereocenters. The predicted molar refractivity (Wildman–Crippen MR) is 85.0 cm³/mol. The van der Waals surface area contributed by atoms with Crippen LogP contribution in [0.1, 0.15) is 21.5 Å². The number of nitrogens with two attached hydrogens (primary N) is 2. The Kier molecular flexibility index (Phi) is 3.62. The number of nitrogen functional groups attached to an aromatic ring is 2. The molecule has 0 saturated heterocycles. The topological polar surface area (TPSA) is 72.4 Å². The van der Waals surface area contributed by atoms with Crippen LogP contribution in [0.3, 0.4) is 0 Å². The lowest BCUT2D eigenvalue weighted by Gasteiger charge is -2.28. The van der Waals surface area contributed by atoms with Crippen LogP contribution in [0.4, 0.5) is 11.4 Å². The van der Waals surface area contributed by atoms with Crippen LogP contribution in [0.25, 0.3) is 0 Å². The quantitative estimate of drug-likeness (QED) is 0.667. The summed E-state index contributed by atoms with van der Waals surface area (Å²) in [6.45, 7) is 2.15. The third-order valence-corrected chi connectivity index (χ3v) is 3.99. The maximum absolute atomic E-state index is 12.4. The van der Waals surface area contributed by atoms with Crippen LogP contribution in [0.15, 0.2) is 42.5 Å². The predicted octanol–water partition coefficient (Wildman–Crippen LogP) is 2.09. The first-order chi connectivity index (χ1) is 10.1. The van der Waals surface area contributed by atoms with Crippen molar-refractivity contribution in [2.24, 2.45) is 0 Å². The molecular weight excluding hydrogens is 262 g/mol. The van der Waals surface area contributed by atoms with E-state index in [0.29, 0.717) is 23.5 Å². The summed E-state index contributed by atoms with van der Waals surface area (Å²) in [7, 11) is 0. The fourth-order valence-electron chi connectivity index (χ4n) is 2.73. The number of rotatable bonds is 3. The van der Waals surface area contributed by atoms with Crippen LogP contribution >= 0.6 is 0 Å². The Hall–Kier alpha value is -2.33. The average Bonchev–Trinajstić information content (AvgIpc) is 2.50. The van der Waals surface area contributed by atoms with Crippen molar-refractivity contribution < 1.29 is 4.79 Å². The van der Waals surface area contributed by atoms with Crippen molar-refractivity contribution in [3.63, 3.8) is 0 Å². The molecule has 2 aromatic rings. The molecule has 0 saturated carbocycles. The van der Waals surface area contributed by atoms with Gasteiger partial charge in [0.1, 0.15) is 0 Å². The Morgan fingerprint density at radius 1 is 1.05 bits per heavy atom. The Balaban J connectivity index is 1.70. The number of ketones is 1. The number of hydrogen-bond donors (Lipinski definition) is 2. The Morgan fingerprint density at radius 3 is 2.57 bits per heavy atom. The number of fused-ring (bicyclic) bond motifs is 1. The number of Topliss-reactive ketones (excluding diaryl/α,β-unsaturated/α-hetero) is 1. The second-order valence-electron chi connectivity index (χ2n) is 5.50. The smallest absolute Gasteiger partial charge is 0.176 e. The van der Waals surface area contributed by atoms with Crippen LogP contribution in [0, 0.1) is 0 Å². The molecule has 0 fully saturated rings. The summed E-state index contributed by atoms with van der Waals surface area (Å²) in [5.74, 6) is 0.0843. The van der Waals surface area contributed by atoms with Gasteiger partial charge in [-0.3, -0.25) is 9.69 Å². The highest BCUT2D eigenvalue weighted by atomic mass is 16.1. The molecule has 1 aliphatic rings. The molecule has 3 rings (SSSR count). The molecular formula is C17H19N3O. The van der Waals surface area contributed by atoms with Crippen molar-refractivity contribution >= 4 is 17.2 Å². The van der Waals surface area contributed by atoms with Gasteiger partial charge in [0.05, 0.1) is 17.9 Å². The van der Waals surface area contributed by atoms with Gasteiger partial charge in [0, 0.05) is 18.7 Å². The van der Waals surface area contributed by atoms with Crippen LogP contribution in [-0.2, 0) is 13.0 Å². The molecule has 4 heteroatoms. The van der Waals surface area contributed by atoms with Gasteiger partial charge >= 0.3 is 0 Å². The zero-order chi connectivity index (χ0) is 14.8. The highest BCUT2D eigenvalue weighted by molar-refractivity contribution is 5.99. The minimum Gasteiger partial charge on any atom is -0.397 e. The Morgan fingerprint density at radius 2 is 1.81 bits per heavy atom. The molecule has 21 heavy (non-hydrogen) atoms. The maximum atomic E-state index is 12.4. The van der Waals surface area contributed by atoms with E-state index in [2.05, 4.69) is 23.1 Å². The first kappa shape index (κ1) is 13.6. The molecule has 4 N–H and O–H groups in total. The van der Waals surface area contributed by atoms with Crippen LogP contribution in [-0.4, -0.2) is 23.8 Å². The second-order valence-corrected chi connectivity index (χ2v) is 5.50. The van der Waals surface area contributed by atoms with E-state index >= 15 is 0 Å². The average molecular weight is 281 g/mol. The molecule has 1 heterocycles. The number of hydrogen-bond acceptors (Lipinski definition) is 4. The third-order valence-electron chi connectivity index (χ3n) is 3.99. The number of nitrogens with zero attached hydrogens (tertiary/aromatic N) is 1. The SMILES string of the molecule is Nc1ccc(C(=O)CN2CCc3ccccc3C2)cc1N. The number of carbonyl (C=O) groups is 1. The summed E-state index contributed by atoms with van der Waals surface area (Å²) in [4.78, 5) is 14.5. The van der Waals surface area contributed by atoms with E-state index in [1.165, 1.54) is 11.1 Å². The highest BCUT2D eigenvalue weighted by Gasteiger charge is 2.18. The molecule has 1 aliphatic heterocycles. The normalized spacial score (nSPS) is 14.7. The number of benzene rings is 2. The Labute approximate surface area is 124 Å². The Bertz CT molecular complexity index is 681. The van der Waals surface area contributed by atoms with E-state index in [1.54, 1.807) is 18.2 Å².